The summed E-state index contributed by atoms with van der Waals surface area (Å²) in [5.41, 5.74) is 0. The summed E-state index contributed by atoms with van der Waals surface area (Å²) in [5, 5.41) is 3.34. The Morgan fingerprint density at radius 3 is 2.50 bits per heavy atom. The van der Waals surface area contributed by atoms with Gasteiger partial charge in [-0.25, -0.2) is 8.42 Å². The van der Waals surface area contributed by atoms with Crippen molar-refractivity contribution in [3.05, 3.63) is 17.0 Å². The van der Waals surface area contributed by atoms with Crippen molar-refractivity contribution in [2.24, 2.45) is 5.92 Å². The number of piperidine rings is 1. The smallest absolute Gasteiger partial charge is 0.252 e. The van der Waals surface area contributed by atoms with E-state index < -0.39 is 10.0 Å². The first-order chi connectivity index (χ1) is 9.04. The molecule has 1 fully saturated rings. The van der Waals surface area contributed by atoms with Crippen molar-refractivity contribution >= 4 is 33.8 Å². The molecule has 1 aliphatic heterocycles. The van der Waals surface area contributed by atoms with Crippen molar-refractivity contribution in [3.63, 3.8) is 0 Å². The molecule has 0 amide bonds. The third-order valence-corrected chi connectivity index (χ3v) is 6.93. The summed E-state index contributed by atoms with van der Waals surface area (Å²) in [6.45, 7) is 7.31. The van der Waals surface area contributed by atoms with Crippen molar-refractivity contribution in [2.45, 2.75) is 30.9 Å². The topological polar surface area (TPSA) is 49.4 Å². The minimum absolute atomic E-state index is 0. The minimum Gasteiger partial charge on any atom is -0.317 e. The largest absolute Gasteiger partial charge is 0.317 e. The van der Waals surface area contributed by atoms with Gasteiger partial charge in [-0.15, -0.1) is 23.7 Å². The zero-order chi connectivity index (χ0) is 13.9. The molecule has 1 saturated heterocycles. The lowest BCUT2D eigenvalue weighted by molar-refractivity contribution is 0.269. The Hall–Kier alpha value is -0.140. The molecular formula is C13H23ClN2O2S2. The molecule has 20 heavy (non-hydrogen) atoms. The van der Waals surface area contributed by atoms with E-state index in [0.717, 1.165) is 30.8 Å². The van der Waals surface area contributed by atoms with Crippen LogP contribution in [0.25, 0.3) is 0 Å². The van der Waals surface area contributed by atoms with Gasteiger partial charge in [0.25, 0.3) is 10.0 Å². The van der Waals surface area contributed by atoms with Crippen LogP contribution in [0.1, 0.15) is 24.6 Å². The number of rotatable bonds is 5. The second-order valence-corrected chi connectivity index (χ2v) is 8.47. The standard InChI is InChI=1S/C13H22N2O2S2.ClH/c1-3-14-10-12-6-8-15(9-7-12)19(16,17)13-5-4-11(2)18-13;/h4-5,12,14H,3,6-10H2,1-2H3;1H. The Morgan fingerprint density at radius 1 is 1.35 bits per heavy atom. The molecule has 0 aliphatic carbocycles. The van der Waals surface area contributed by atoms with E-state index in [0.29, 0.717) is 23.2 Å². The average Bonchev–Trinajstić information content (AvgIpc) is 2.84. The normalized spacial score (nSPS) is 17.9. The molecular weight excluding hydrogens is 316 g/mol. The predicted octanol–water partition coefficient (Wildman–Crippen LogP) is 2.49. The molecule has 0 spiro atoms. The van der Waals surface area contributed by atoms with Gasteiger partial charge in [-0.3, -0.25) is 0 Å². The van der Waals surface area contributed by atoms with Crippen LogP contribution < -0.4 is 5.32 Å². The maximum absolute atomic E-state index is 12.4. The molecule has 2 rings (SSSR count). The number of sulfonamides is 1. The summed E-state index contributed by atoms with van der Waals surface area (Å²) in [5.74, 6) is 0.608. The maximum Gasteiger partial charge on any atom is 0.252 e. The van der Waals surface area contributed by atoms with E-state index in [1.54, 1.807) is 10.4 Å². The lowest BCUT2D eigenvalue weighted by atomic mass is 9.98. The average molecular weight is 339 g/mol. The van der Waals surface area contributed by atoms with Crippen molar-refractivity contribution in [1.82, 2.24) is 9.62 Å². The monoisotopic (exact) mass is 338 g/mol. The van der Waals surface area contributed by atoms with Gasteiger partial charge in [-0.05, 0) is 50.9 Å². The number of hydrogen-bond donors (Lipinski definition) is 1. The Balaban J connectivity index is 0.00000200. The first-order valence-electron chi connectivity index (χ1n) is 6.81. The highest BCUT2D eigenvalue weighted by Gasteiger charge is 2.29. The van der Waals surface area contributed by atoms with Gasteiger partial charge in [-0.2, -0.15) is 4.31 Å². The fourth-order valence-corrected chi connectivity index (χ4v) is 5.29. The molecule has 0 unspecified atom stereocenters. The first kappa shape index (κ1) is 17.9. The fraction of sp³-hybridized carbons (Fsp3) is 0.692. The van der Waals surface area contributed by atoms with Crippen LogP contribution in [-0.4, -0.2) is 38.9 Å². The Labute approximate surface area is 132 Å². The van der Waals surface area contributed by atoms with Gasteiger partial charge >= 0.3 is 0 Å². The van der Waals surface area contributed by atoms with Crippen LogP contribution in [0.15, 0.2) is 16.3 Å². The van der Waals surface area contributed by atoms with Crippen molar-refractivity contribution < 1.29 is 8.42 Å². The van der Waals surface area contributed by atoms with Crippen molar-refractivity contribution in [2.75, 3.05) is 26.2 Å². The summed E-state index contributed by atoms with van der Waals surface area (Å²) in [7, 11) is -3.25. The van der Waals surface area contributed by atoms with Crippen LogP contribution in [0.4, 0.5) is 0 Å². The quantitative estimate of drug-likeness (QED) is 0.897. The second-order valence-electron chi connectivity index (χ2n) is 5.02. The van der Waals surface area contributed by atoms with Crippen LogP contribution in [0.3, 0.4) is 0 Å². The van der Waals surface area contributed by atoms with Crippen molar-refractivity contribution in [3.8, 4) is 0 Å². The number of nitrogens with one attached hydrogen (secondary N) is 1. The van der Waals surface area contributed by atoms with Crippen molar-refractivity contribution in [1.29, 1.82) is 0 Å². The summed E-state index contributed by atoms with van der Waals surface area (Å²) < 4.78 is 27.0. The molecule has 1 aromatic heterocycles. The van der Waals surface area contributed by atoms with E-state index in [2.05, 4.69) is 12.2 Å². The van der Waals surface area contributed by atoms with Gasteiger partial charge < -0.3 is 5.32 Å². The van der Waals surface area contributed by atoms with E-state index in [4.69, 9.17) is 0 Å². The van der Waals surface area contributed by atoms with Gasteiger partial charge in [0.1, 0.15) is 4.21 Å². The number of halogens is 1. The Bertz CT molecular complexity index is 508. The van der Waals surface area contributed by atoms with Gasteiger partial charge in [0.2, 0.25) is 0 Å². The van der Waals surface area contributed by atoms with Crippen LogP contribution in [0.2, 0.25) is 0 Å². The third-order valence-electron chi connectivity index (χ3n) is 3.57. The highest BCUT2D eigenvalue weighted by molar-refractivity contribution is 7.91. The molecule has 116 valence electrons. The van der Waals surface area contributed by atoms with Crippen LogP contribution in [0.5, 0.6) is 0 Å². The number of aryl methyl sites for hydroxylation is 1. The molecule has 1 aliphatic rings. The summed E-state index contributed by atoms with van der Waals surface area (Å²) in [6, 6.07) is 3.59. The van der Waals surface area contributed by atoms with Gasteiger partial charge in [0.05, 0.1) is 0 Å². The lowest BCUT2D eigenvalue weighted by Crippen LogP contribution is -2.40. The predicted molar refractivity (Wildman–Crippen MR) is 86.3 cm³/mol. The highest BCUT2D eigenvalue weighted by atomic mass is 35.5. The molecule has 4 nitrogen and oxygen atoms in total. The molecule has 2 heterocycles. The molecule has 1 N–H and O–H groups in total. The molecule has 0 radical (unpaired) electrons. The van der Waals surface area contributed by atoms with Crippen LogP contribution in [0, 0.1) is 12.8 Å². The van der Waals surface area contributed by atoms with Crippen LogP contribution in [-0.2, 0) is 10.0 Å². The lowest BCUT2D eigenvalue weighted by Gasteiger charge is -2.30. The highest BCUT2D eigenvalue weighted by Crippen LogP contribution is 2.27. The SMILES string of the molecule is CCNCC1CCN(S(=O)(=O)c2ccc(C)s2)CC1.Cl. The fourth-order valence-electron chi connectivity index (χ4n) is 2.38. The van der Waals surface area contributed by atoms with E-state index in [1.807, 2.05) is 13.0 Å². The molecule has 0 bridgehead atoms. The second kappa shape index (κ2) is 7.75. The molecule has 0 atom stereocenters. The van der Waals surface area contributed by atoms with Gasteiger partial charge in [0, 0.05) is 18.0 Å². The summed E-state index contributed by atoms with van der Waals surface area (Å²) in [4.78, 5) is 1.04. The van der Waals surface area contributed by atoms with E-state index in [-0.39, 0.29) is 12.4 Å². The van der Waals surface area contributed by atoms with E-state index in [1.165, 1.54) is 11.3 Å². The molecule has 1 aromatic rings. The van der Waals surface area contributed by atoms with Gasteiger partial charge in [0.15, 0.2) is 0 Å². The van der Waals surface area contributed by atoms with E-state index >= 15 is 0 Å². The first-order valence-corrected chi connectivity index (χ1v) is 9.07. The maximum atomic E-state index is 12.4. The molecule has 7 heteroatoms. The summed E-state index contributed by atoms with van der Waals surface area (Å²) >= 11 is 1.36. The third kappa shape index (κ3) is 4.18. The zero-order valence-corrected chi connectivity index (χ0v) is 14.4. The Kier molecular flexibility index (Phi) is 6.94. The zero-order valence-electron chi connectivity index (χ0n) is 12.0. The van der Waals surface area contributed by atoms with Crippen LogP contribution >= 0.6 is 23.7 Å². The Morgan fingerprint density at radius 2 is 2.00 bits per heavy atom. The number of nitrogens with zero attached hydrogens (tertiary/aromatic N) is 1. The minimum atomic E-state index is -3.25. The number of thiophene rings is 1. The van der Waals surface area contributed by atoms with E-state index in [9.17, 15) is 8.42 Å². The number of hydrogen-bond acceptors (Lipinski definition) is 4. The molecule has 0 saturated carbocycles. The molecule has 0 aromatic carbocycles. The summed E-state index contributed by atoms with van der Waals surface area (Å²) in [6.07, 6.45) is 1.91. The van der Waals surface area contributed by atoms with Gasteiger partial charge in [-0.1, -0.05) is 6.92 Å².